The van der Waals surface area contributed by atoms with Gasteiger partial charge >= 0.3 is 11.9 Å². The van der Waals surface area contributed by atoms with E-state index in [9.17, 15) is 14.4 Å². The zero-order valence-electron chi connectivity index (χ0n) is 24.3. The summed E-state index contributed by atoms with van der Waals surface area (Å²) in [5.41, 5.74) is 0.0923. The number of hydrogen-bond donors (Lipinski definition) is 1. The van der Waals surface area contributed by atoms with E-state index >= 15 is 0 Å². The molecule has 0 bridgehead atoms. The van der Waals surface area contributed by atoms with Gasteiger partial charge in [-0.15, -0.1) is 0 Å². The van der Waals surface area contributed by atoms with Gasteiger partial charge in [-0.1, -0.05) is 53.9 Å². The van der Waals surface area contributed by atoms with Crippen molar-refractivity contribution in [2.24, 2.45) is 46.3 Å². The van der Waals surface area contributed by atoms with E-state index in [0.29, 0.717) is 42.4 Å². The lowest BCUT2D eigenvalue weighted by Crippen LogP contribution is -2.59. The number of carbonyl (C=O) groups excluding carboxylic acids is 3. The van der Waals surface area contributed by atoms with Gasteiger partial charge in [0.25, 0.3) is 0 Å². The van der Waals surface area contributed by atoms with Gasteiger partial charge < -0.3 is 14.8 Å². The molecule has 0 aromatic carbocycles. The smallest absolute Gasteiger partial charge is 0.303 e. The Morgan fingerprint density at radius 2 is 1.59 bits per heavy atom. The Morgan fingerprint density at radius 3 is 2.24 bits per heavy atom. The molecule has 0 radical (unpaired) electrons. The molecule has 6 heteroatoms. The zero-order chi connectivity index (χ0) is 27.1. The molecule has 3 saturated carbocycles. The summed E-state index contributed by atoms with van der Waals surface area (Å²) < 4.78 is 11.4. The molecule has 1 amide bonds. The molecule has 0 aromatic heterocycles. The number of amides is 1. The summed E-state index contributed by atoms with van der Waals surface area (Å²) in [5.74, 6) is 2.92. The van der Waals surface area contributed by atoms with Crippen molar-refractivity contribution in [2.75, 3.05) is 0 Å². The highest BCUT2D eigenvalue weighted by Crippen LogP contribution is 2.66. The van der Waals surface area contributed by atoms with Crippen LogP contribution in [0.15, 0.2) is 0 Å². The van der Waals surface area contributed by atoms with Gasteiger partial charge in [0, 0.05) is 32.7 Å². The molecule has 0 spiro atoms. The second-order valence-corrected chi connectivity index (χ2v) is 14.0. The van der Waals surface area contributed by atoms with Crippen molar-refractivity contribution < 1.29 is 23.9 Å². The van der Waals surface area contributed by atoms with Gasteiger partial charge in [-0.05, 0) is 78.4 Å². The summed E-state index contributed by atoms with van der Waals surface area (Å²) in [6.45, 7) is 14.7. The Morgan fingerprint density at radius 1 is 0.946 bits per heavy atom. The third kappa shape index (κ3) is 5.59. The lowest BCUT2D eigenvalue weighted by molar-refractivity contribution is -0.181. The molecule has 0 unspecified atom stereocenters. The monoisotopic (exact) mass is 517 g/mol. The average molecular weight is 518 g/mol. The summed E-state index contributed by atoms with van der Waals surface area (Å²) in [6.07, 6.45) is 9.45. The van der Waals surface area contributed by atoms with E-state index in [4.69, 9.17) is 9.47 Å². The molecule has 4 aliphatic rings. The topological polar surface area (TPSA) is 81.7 Å². The first-order chi connectivity index (χ1) is 17.3. The van der Waals surface area contributed by atoms with Crippen molar-refractivity contribution >= 4 is 17.8 Å². The highest BCUT2D eigenvalue weighted by Gasteiger charge is 2.62. The van der Waals surface area contributed by atoms with E-state index in [-0.39, 0.29) is 29.3 Å². The van der Waals surface area contributed by atoms with E-state index < -0.39 is 12.2 Å². The number of nitrogens with one attached hydrogen (secondary N) is 1. The normalized spacial score (nSPS) is 42.1. The van der Waals surface area contributed by atoms with Gasteiger partial charge in [0.05, 0.1) is 0 Å². The predicted molar refractivity (Wildman–Crippen MR) is 143 cm³/mol. The number of carbonyl (C=O) groups is 3. The van der Waals surface area contributed by atoms with Gasteiger partial charge in [0.1, 0.15) is 12.2 Å². The molecule has 6 nitrogen and oxygen atoms in total. The zero-order valence-corrected chi connectivity index (χ0v) is 24.3. The predicted octanol–water partition coefficient (Wildman–Crippen LogP) is 6.06. The van der Waals surface area contributed by atoms with Crippen molar-refractivity contribution in [3.63, 3.8) is 0 Å². The van der Waals surface area contributed by atoms with Crippen LogP contribution < -0.4 is 5.32 Å². The lowest BCUT2D eigenvalue weighted by atomic mass is 9.49. The first kappa shape index (κ1) is 28.4. The quantitative estimate of drug-likeness (QED) is 0.415. The van der Waals surface area contributed by atoms with Crippen LogP contribution in [0.1, 0.15) is 113 Å². The van der Waals surface area contributed by atoms with Gasteiger partial charge in [0.2, 0.25) is 5.91 Å². The second-order valence-electron chi connectivity index (χ2n) is 14.0. The van der Waals surface area contributed by atoms with E-state index in [1.54, 1.807) is 0 Å². The Hall–Kier alpha value is -1.59. The number of esters is 2. The summed E-state index contributed by atoms with van der Waals surface area (Å²) >= 11 is 0. The van der Waals surface area contributed by atoms with E-state index in [1.165, 1.54) is 52.4 Å². The molecule has 4 rings (SSSR count). The second kappa shape index (κ2) is 10.9. The van der Waals surface area contributed by atoms with Crippen LogP contribution in [0, 0.1) is 46.3 Å². The standard InChI is InChI=1S/C31H51NO5/c1-18(2)9-8-10-19(3)23-11-12-24-22-15-29(35)32-28-16-26(36-20(4)33)27(37-21(5)34)17-31(28,7)25(22)13-14-30(23,24)6/h18-19,22-28H,8-17H2,1-7H3,(H,32,35)/t19-,22+,23-,24+,25+,26-,27+,28+,30-,31-/m1/s1. The van der Waals surface area contributed by atoms with Crippen LogP contribution in [0.2, 0.25) is 0 Å². The fraction of sp³-hybridized carbons (Fsp3) is 0.903. The highest BCUT2D eigenvalue weighted by molar-refractivity contribution is 5.77. The molecular weight excluding hydrogens is 466 g/mol. The first-order valence-electron chi connectivity index (χ1n) is 15.0. The third-order valence-electron chi connectivity index (χ3n) is 11.2. The SMILES string of the molecule is CC(=O)O[C@H]1C[C@@]2(C)[C@H](C[C@H]1OC(C)=O)NC(=O)C[C@@H]1[C@@H]2CC[C@]2(C)[C@@H]([C@H](C)CCCC(C)C)CC[C@@H]12. The Bertz CT molecular complexity index is 872. The number of hydrogen-bond acceptors (Lipinski definition) is 5. The van der Waals surface area contributed by atoms with Crippen LogP contribution in [-0.2, 0) is 23.9 Å². The maximum atomic E-state index is 13.3. The maximum absolute atomic E-state index is 13.3. The van der Waals surface area contributed by atoms with Crippen molar-refractivity contribution in [2.45, 2.75) is 131 Å². The van der Waals surface area contributed by atoms with Gasteiger partial charge in [-0.2, -0.15) is 0 Å². The van der Waals surface area contributed by atoms with Crippen LogP contribution in [0.4, 0.5) is 0 Å². The molecular formula is C31H51NO5. The number of ether oxygens (including phenoxy) is 2. The highest BCUT2D eigenvalue weighted by atomic mass is 16.6. The van der Waals surface area contributed by atoms with Gasteiger partial charge in [0.15, 0.2) is 0 Å². The Balaban J connectivity index is 1.57. The molecule has 210 valence electrons. The van der Waals surface area contributed by atoms with Crippen LogP contribution >= 0.6 is 0 Å². The fourth-order valence-electron chi connectivity index (χ4n) is 9.54. The average Bonchev–Trinajstić information content (AvgIpc) is 3.08. The maximum Gasteiger partial charge on any atom is 0.303 e. The summed E-state index contributed by atoms with van der Waals surface area (Å²) in [6, 6.07) is -0.0809. The van der Waals surface area contributed by atoms with E-state index in [0.717, 1.165) is 24.2 Å². The van der Waals surface area contributed by atoms with E-state index in [1.807, 2.05) is 0 Å². The molecule has 37 heavy (non-hydrogen) atoms. The largest absolute Gasteiger partial charge is 0.459 e. The summed E-state index contributed by atoms with van der Waals surface area (Å²) in [7, 11) is 0. The van der Waals surface area contributed by atoms with Crippen molar-refractivity contribution in [3.8, 4) is 0 Å². The summed E-state index contributed by atoms with van der Waals surface area (Å²) in [5, 5.41) is 3.35. The molecule has 1 heterocycles. The van der Waals surface area contributed by atoms with Crippen LogP contribution in [-0.4, -0.2) is 36.1 Å². The van der Waals surface area contributed by atoms with Crippen molar-refractivity contribution in [1.29, 1.82) is 0 Å². The van der Waals surface area contributed by atoms with Crippen molar-refractivity contribution in [1.82, 2.24) is 5.32 Å². The van der Waals surface area contributed by atoms with Crippen LogP contribution in [0.3, 0.4) is 0 Å². The molecule has 4 fully saturated rings. The molecule has 1 N–H and O–H groups in total. The summed E-state index contributed by atoms with van der Waals surface area (Å²) in [4.78, 5) is 37.2. The first-order valence-corrected chi connectivity index (χ1v) is 15.0. The minimum Gasteiger partial charge on any atom is -0.459 e. The van der Waals surface area contributed by atoms with E-state index in [2.05, 4.69) is 39.9 Å². The third-order valence-corrected chi connectivity index (χ3v) is 11.2. The molecule has 1 aliphatic heterocycles. The minimum atomic E-state index is -0.521. The molecule has 0 aromatic rings. The van der Waals surface area contributed by atoms with Gasteiger partial charge in [-0.25, -0.2) is 0 Å². The number of fused-ring (bicyclic) bond motifs is 5. The molecule has 3 aliphatic carbocycles. The number of rotatable bonds is 7. The molecule has 10 atom stereocenters. The lowest BCUT2D eigenvalue weighted by Gasteiger charge is -2.57. The van der Waals surface area contributed by atoms with Crippen LogP contribution in [0.5, 0.6) is 0 Å². The van der Waals surface area contributed by atoms with Crippen LogP contribution in [0.25, 0.3) is 0 Å². The fourth-order valence-corrected chi connectivity index (χ4v) is 9.54. The Labute approximate surface area is 224 Å². The Kier molecular flexibility index (Phi) is 8.36. The minimum absolute atomic E-state index is 0.0809. The molecule has 1 saturated heterocycles. The van der Waals surface area contributed by atoms with Crippen molar-refractivity contribution in [3.05, 3.63) is 0 Å². The van der Waals surface area contributed by atoms with Gasteiger partial charge in [-0.3, -0.25) is 14.4 Å².